The number of halogens is 4. The summed E-state index contributed by atoms with van der Waals surface area (Å²) in [5.74, 6) is -2.41. The fourth-order valence-electron chi connectivity index (χ4n) is 8.21. The molecule has 0 amide bonds. The van der Waals surface area contributed by atoms with Gasteiger partial charge in [0.05, 0.1) is 10.9 Å². The van der Waals surface area contributed by atoms with E-state index in [2.05, 4.69) is 25.8 Å². The number of phenols is 1. The van der Waals surface area contributed by atoms with E-state index in [1.807, 2.05) is 0 Å². The molecular formula is C34H31F4N5O2. The number of terminal acetylenes is 1. The number of ether oxygens (including phenoxy) is 1. The van der Waals surface area contributed by atoms with E-state index < -0.39 is 35.3 Å². The van der Waals surface area contributed by atoms with Crippen molar-refractivity contribution in [2.75, 3.05) is 37.7 Å². The number of anilines is 1. The van der Waals surface area contributed by atoms with Gasteiger partial charge in [0.2, 0.25) is 0 Å². The number of hydrogen-bond donors (Lipinski definition) is 1. The maximum Gasteiger partial charge on any atom is 0.319 e. The Morgan fingerprint density at radius 2 is 1.91 bits per heavy atom. The Morgan fingerprint density at radius 1 is 1.11 bits per heavy atom. The summed E-state index contributed by atoms with van der Waals surface area (Å²) in [6.07, 6.45) is 9.10. The lowest BCUT2D eigenvalue weighted by molar-refractivity contribution is -0.0830. The number of phenolic OH excluding ortho intramolecular Hbond substituents is 1. The quantitative estimate of drug-likeness (QED) is 0.214. The van der Waals surface area contributed by atoms with Gasteiger partial charge >= 0.3 is 6.01 Å². The molecule has 4 aliphatic rings. The summed E-state index contributed by atoms with van der Waals surface area (Å²) in [5.41, 5.74) is 0.136. The molecule has 3 saturated heterocycles. The summed E-state index contributed by atoms with van der Waals surface area (Å²) in [6, 6.07) is 8.09. The van der Waals surface area contributed by atoms with E-state index in [-0.39, 0.29) is 59.4 Å². The maximum atomic E-state index is 16.7. The highest BCUT2D eigenvalue weighted by atomic mass is 19.3. The molecule has 0 radical (unpaired) electrons. The van der Waals surface area contributed by atoms with Crippen LogP contribution >= 0.6 is 0 Å². The molecule has 11 heteroatoms. The SMILES string of the molecule is C#Cc1cccc2cc(O)cc(-c3ncc4c(N5CC6CCC(C5)C6(F)F)nc(OC[C@@]56CCCN5C[C@H](F)C6)nc4c3F)c12. The van der Waals surface area contributed by atoms with Gasteiger partial charge in [0.25, 0.3) is 5.92 Å². The molecule has 4 aromatic rings. The van der Waals surface area contributed by atoms with Crippen molar-refractivity contribution in [3.05, 3.63) is 47.9 Å². The number of aromatic hydroxyl groups is 1. The van der Waals surface area contributed by atoms with Crippen molar-refractivity contribution in [1.29, 1.82) is 0 Å². The van der Waals surface area contributed by atoms with Crippen LogP contribution < -0.4 is 9.64 Å². The van der Waals surface area contributed by atoms with Crippen LogP contribution in [0.5, 0.6) is 11.8 Å². The third kappa shape index (κ3) is 4.40. The lowest BCUT2D eigenvalue weighted by Gasteiger charge is -2.38. The van der Waals surface area contributed by atoms with E-state index in [1.54, 1.807) is 29.2 Å². The first-order chi connectivity index (χ1) is 21.7. The first kappa shape index (κ1) is 28.3. The van der Waals surface area contributed by atoms with E-state index >= 15 is 4.39 Å². The average Bonchev–Trinajstić information content (AvgIpc) is 3.55. The minimum absolute atomic E-state index is 0.0579. The van der Waals surface area contributed by atoms with Gasteiger partial charge in [0.1, 0.15) is 35.6 Å². The van der Waals surface area contributed by atoms with Crippen molar-refractivity contribution in [2.24, 2.45) is 11.8 Å². The van der Waals surface area contributed by atoms with E-state index in [0.29, 0.717) is 42.1 Å². The summed E-state index contributed by atoms with van der Waals surface area (Å²) in [4.78, 5) is 17.5. The topological polar surface area (TPSA) is 74.6 Å². The largest absolute Gasteiger partial charge is 0.508 e. The van der Waals surface area contributed by atoms with Gasteiger partial charge in [-0.15, -0.1) is 6.42 Å². The second kappa shape index (κ2) is 10.2. The predicted octanol–water partition coefficient (Wildman–Crippen LogP) is 6.11. The zero-order valence-electron chi connectivity index (χ0n) is 24.4. The fraction of sp³-hybridized carbons (Fsp3) is 0.441. The molecule has 2 aromatic carbocycles. The molecule has 3 aliphatic heterocycles. The number of piperidine rings is 1. The fourth-order valence-corrected chi connectivity index (χ4v) is 8.21. The van der Waals surface area contributed by atoms with Gasteiger partial charge in [0.15, 0.2) is 5.82 Å². The Morgan fingerprint density at radius 3 is 2.69 bits per heavy atom. The molecule has 4 atom stereocenters. The van der Waals surface area contributed by atoms with Crippen LogP contribution in [0.25, 0.3) is 32.9 Å². The number of nitrogens with zero attached hydrogens (tertiary/aromatic N) is 5. The standard InChI is InChI=1S/C34H31F4N5O2/c1-2-19-5-3-6-20-11-24(44)12-25(27(19)20)29-28(36)30-26(14-39-29)31(42-15-21-7-8-22(16-42)34(21,37)38)41-32(40-30)45-18-33-9-4-10-43(33)17-23(35)13-33/h1,3,5-6,11-12,14,21-23,44H,4,7-10,13,15-18H2/t21?,22?,23-,33+/m1/s1. The Labute approximate surface area is 257 Å². The van der Waals surface area contributed by atoms with Crippen LogP contribution in [0, 0.1) is 30.0 Å². The van der Waals surface area contributed by atoms with Crippen LogP contribution in [0.1, 0.15) is 37.7 Å². The van der Waals surface area contributed by atoms with Crippen molar-refractivity contribution >= 4 is 27.5 Å². The van der Waals surface area contributed by atoms with Crippen LogP contribution in [-0.2, 0) is 0 Å². The molecule has 5 heterocycles. The number of rotatable bonds is 5. The molecular weight excluding hydrogens is 586 g/mol. The molecule has 2 bridgehead atoms. The van der Waals surface area contributed by atoms with Gasteiger partial charge in [-0.3, -0.25) is 9.88 Å². The van der Waals surface area contributed by atoms with Gasteiger partial charge in [-0.2, -0.15) is 9.97 Å². The van der Waals surface area contributed by atoms with Crippen molar-refractivity contribution in [2.45, 2.75) is 49.7 Å². The van der Waals surface area contributed by atoms with Crippen molar-refractivity contribution < 1.29 is 27.4 Å². The predicted molar refractivity (Wildman–Crippen MR) is 162 cm³/mol. The van der Waals surface area contributed by atoms with Crippen LogP contribution in [-0.4, -0.2) is 75.4 Å². The van der Waals surface area contributed by atoms with E-state index in [9.17, 15) is 18.3 Å². The molecule has 7 nitrogen and oxygen atoms in total. The Bertz CT molecular complexity index is 1880. The molecule has 1 saturated carbocycles. The minimum Gasteiger partial charge on any atom is -0.508 e. The van der Waals surface area contributed by atoms with Gasteiger partial charge in [0, 0.05) is 60.6 Å². The van der Waals surface area contributed by atoms with Crippen LogP contribution in [0.3, 0.4) is 0 Å². The zero-order valence-corrected chi connectivity index (χ0v) is 24.4. The number of aromatic nitrogens is 3. The molecule has 232 valence electrons. The highest BCUT2D eigenvalue weighted by Crippen LogP contribution is 2.50. The van der Waals surface area contributed by atoms with Crippen LogP contribution in [0.4, 0.5) is 23.4 Å². The average molecular weight is 618 g/mol. The Kier molecular flexibility index (Phi) is 6.40. The van der Waals surface area contributed by atoms with Gasteiger partial charge < -0.3 is 14.7 Å². The number of pyridine rings is 1. The summed E-state index contributed by atoms with van der Waals surface area (Å²) < 4.78 is 67.1. The minimum atomic E-state index is -2.77. The number of alkyl halides is 3. The number of hydrogen-bond acceptors (Lipinski definition) is 7. The molecule has 1 aliphatic carbocycles. The van der Waals surface area contributed by atoms with Crippen molar-refractivity contribution in [1.82, 2.24) is 19.9 Å². The smallest absolute Gasteiger partial charge is 0.319 e. The molecule has 2 unspecified atom stereocenters. The first-order valence-corrected chi connectivity index (χ1v) is 15.4. The Hall–Kier alpha value is -4.17. The summed E-state index contributed by atoms with van der Waals surface area (Å²) in [7, 11) is 0. The zero-order chi connectivity index (χ0) is 31.1. The number of benzene rings is 2. The van der Waals surface area contributed by atoms with Gasteiger partial charge in [-0.05, 0) is 55.8 Å². The Balaban J connectivity index is 1.27. The highest BCUT2D eigenvalue weighted by molar-refractivity contribution is 6.02. The van der Waals surface area contributed by atoms with Gasteiger partial charge in [-0.1, -0.05) is 18.1 Å². The second-order valence-corrected chi connectivity index (χ2v) is 13.0. The van der Waals surface area contributed by atoms with E-state index in [0.717, 1.165) is 19.4 Å². The molecule has 0 spiro atoms. The third-order valence-electron chi connectivity index (χ3n) is 10.4. The van der Waals surface area contributed by atoms with Crippen LogP contribution in [0.15, 0.2) is 36.5 Å². The van der Waals surface area contributed by atoms with Gasteiger partial charge in [-0.25, -0.2) is 17.6 Å². The molecule has 45 heavy (non-hydrogen) atoms. The summed E-state index contributed by atoms with van der Waals surface area (Å²) >= 11 is 0. The number of fused-ring (bicyclic) bond motifs is 5. The lowest BCUT2D eigenvalue weighted by atomic mass is 9.93. The monoisotopic (exact) mass is 617 g/mol. The van der Waals surface area contributed by atoms with E-state index in [4.69, 9.17) is 11.2 Å². The summed E-state index contributed by atoms with van der Waals surface area (Å²) in [5, 5.41) is 11.9. The van der Waals surface area contributed by atoms with Crippen LogP contribution in [0.2, 0.25) is 0 Å². The second-order valence-electron chi connectivity index (χ2n) is 13.0. The van der Waals surface area contributed by atoms with E-state index in [1.165, 1.54) is 12.3 Å². The maximum absolute atomic E-state index is 16.7. The normalized spacial score (nSPS) is 27.3. The molecule has 1 N–H and O–H groups in total. The lowest BCUT2D eigenvalue weighted by Crippen LogP contribution is -2.49. The first-order valence-electron chi connectivity index (χ1n) is 15.4. The summed E-state index contributed by atoms with van der Waals surface area (Å²) in [6.45, 7) is 1.37. The van der Waals surface area contributed by atoms with Crippen molar-refractivity contribution in [3.63, 3.8) is 0 Å². The van der Waals surface area contributed by atoms with Crippen molar-refractivity contribution in [3.8, 4) is 35.4 Å². The highest BCUT2D eigenvalue weighted by Gasteiger charge is 2.56. The molecule has 4 fully saturated rings. The molecule has 2 aromatic heterocycles. The molecule has 8 rings (SSSR count). The third-order valence-corrected chi connectivity index (χ3v) is 10.4.